The lowest BCUT2D eigenvalue weighted by molar-refractivity contribution is -0.158. The van der Waals surface area contributed by atoms with Gasteiger partial charge in [-0.3, -0.25) is 9.69 Å². The molecule has 0 aliphatic carbocycles. The molecule has 0 bridgehead atoms. The van der Waals surface area contributed by atoms with Crippen LogP contribution < -0.4 is 10.6 Å². The van der Waals surface area contributed by atoms with Crippen LogP contribution in [-0.2, 0) is 20.5 Å². The van der Waals surface area contributed by atoms with Gasteiger partial charge >= 0.3 is 18.2 Å². The molecule has 11 heteroatoms. The van der Waals surface area contributed by atoms with Crippen LogP contribution >= 0.6 is 11.6 Å². The largest absolute Gasteiger partial charge is 0.451 e. The van der Waals surface area contributed by atoms with Crippen molar-refractivity contribution in [1.82, 2.24) is 10.2 Å². The van der Waals surface area contributed by atoms with Gasteiger partial charge in [-0.1, -0.05) is 25.4 Å². The third-order valence-corrected chi connectivity index (χ3v) is 4.60. The summed E-state index contributed by atoms with van der Waals surface area (Å²) in [4.78, 5) is 37.3. The van der Waals surface area contributed by atoms with Gasteiger partial charge in [-0.15, -0.1) is 0 Å². The Morgan fingerprint density at radius 2 is 1.93 bits per heavy atom. The Morgan fingerprint density at radius 3 is 2.41 bits per heavy atom. The van der Waals surface area contributed by atoms with Crippen molar-refractivity contribution in [3.05, 3.63) is 28.8 Å². The number of amides is 3. The Balaban J connectivity index is 2.10. The van der Waals surface area contributed by atoms with E-state index in [-0.39, 0.29) is 23.2 Å². The number of hydrogen-bond donors (Lipinski definition) is 2. The number of nitrogens with one attached hydrogen (secondary N) is 2. The van der Waals surface area contributed by atoms with Crippen LogP contribution in [0.1, 0.15) is 26.3 Å². The second kappa shape index (κ2) is 8.89. The van der Waals surface area contributed by atoms with Gasteiger partial charge in [-0.2, -0.15) is 13.2 Å². The molecule has 29 heavy (non-hydrogen) atoms. The van der Waals surface area contributed by atoms with Gasteiger partial charge in [-0.25, -0.2) is 9.59 Å². The van der Waals surface area contributed by atoms with Gasteiger partial charge in [0, 0.05) is 13.1 Å². The second-order valence-corrected chi connectivity index (χ2v) is 7.27. The highest BCUT2D eigenvalue weighted by atomic mass is 35.5. The first-order chi connectivity index (χ1) is 13.4. The molecule has 1 unspecified atom stereocenters. The van der Waals surface area contributed by atoms with Crippen LogP contribution in [0.2, 0.25) is 5.02 Å². The summed E-state index contributed by atoms with van der Waals surface area (Å²) in [6, 6.07) is 1.18. The number of anilines is 1. The summed E-state index contributed by atoms with van der Waals surface area (Å²) < 4.78 is 43.5. The third kappa shape index (κ3) is 5.53. The number of alkyl halides is 3. The van der Waals surface area contributed by atoms with Crippen molar-refractivity contribution in [3.8, 4) is 0 Å². The monoisotopic (exact) mass is 435 g/mol. The van der Waals surface area contributed by atoms with Crippen LogP contribution in [0.3, 0.4) is 0 Å². The van der Waals surface area contributed by atoms with E-state index in [4.69, 9.17) is 16.3 Å². The molecule has 1 fully saturated rings. The first-order valence-corrected chi connectivity index (χ1v) is 9.22. The van der Waals surface area contributed by atoms with E-state index >= 15 is 0 Å². The van der Waals surface area contributed by atoms with E-state index < -0.39 is 41.8 Å². The van der Waals surface area contributed by atoms with Crippen LogP contribution in [0.5, 0.6) is 0 Å². The van der Waals surface area contributed by atoms with E-state index in [1.54, 1.807) is 13.8 Å². The van der Waals surface area contributed by atoms with Gasteiger partial charge in [0.25, 0.3) is 5.91 Å². The molecule has 2 N–H and O–H groups in total. The molecule has 1 heterocycles. The van der Waals surface area contributed by atoms with Crippen molar-refractivity contribution in [2.75, 3.05) is 18.4 Å². The van der Waals surface area contributed by atoms with Crippen molar-refractivity contribution in [1.29, 1.82) is 0 Å². The van der Waals surface area contributed by atoms with E-state index in [2.05, 4.69) is 10.6 Å². The Morgan fingerprint density at radius 1 is 1.28 bits per heavy atom. The number of hydrogen-bond acceptors (Lipinski definition) is 5. The summed E-state index contributed by atoms with van der Waals surface area (Å²) >= 11 is 5.93. The van der Waals surface area contributed by atoms with Crippen molar-refractivity contribution in [3.63, 3.8) is 0 Å². The van der Waals surface area contributed by atoms with Gasteiger partial charge in [0.05, 0.1) is 16.3 Å². The molecule has 2 rings (SSSR count). The molecule has 7 nitrogen and oxygen atoms in total. The molecule has 1 saturated heterocycles. The Hall–Kier alpha value is -2.49. The van der Waals surface area contributed by atoms with Crippen LogP contribution in [0.15, 0.2) is 18.2 Å². The van der Waals surface area contributed by atoms with Gasteiger partial charge in [0.15, 0.2) is 6.10 Å². The highest BCUT2D eigenvalue weighted by molar-refractivity contribution is 6.33. The number of benzene rings is 1. The number of carbonyl (C=O) groups is 3. The third-order valence-electron chi connectivity index (χ3n) is 4.29. The zero-order valence-electron chi connectivity index (χ0n) is 16.0. The molecule has 1 aliphatic rings. The fourth-order valence-electron chi connectivity index (χ4n) is 2.67. The quantitative estimate of drug-likeness (QED) is 0.669. The summed E-state index contributed by atoms with van der Waals surface area (Å²) in [6.45, 7) is 5.21. The molecule has 0 spiro atoms. The number of halogens is 4. The number of carbonyl (C=O) groups excluding carboxylic acids is 3. The summed E-state index contributed by atoms with van der Waals surface area (Å²) in [7, 11) is 0. The minimum Gasteiger partial charge on any atom is -0.451 e. The molecular weight excluding hydrogens is 415 g/mol. The minimum absolute atomic E-state index is 0.119. The lowest BCUT2D eigenvalue weighted by Gasteiger charge is -2.25. The molecule has 0 radical (unpaired) electrons. The molecule has 1 aromatic rings. The predicted octanol–water partition coefficient (Wildman–Crippen LogP) is 3.28. The zero-order chi connectivity index (χ0) is 21.9. The zero-order valence-corrected chi connectivity index (χ0v) is 16.7. The van der Waals surface area contributed by atoms with Gasteiger partial charge in [0.2, 0.25) is 0 Å². The first kappa shape index (κ1) is 22.8. The standard InChI is InChI=1S/C18H21ClF3N3O4/c1-9(2)14(24-13-5-4-11(8-12(13)19)18(20,21)22)16(27)29-10(3)15(26)25-7-6-23-17(25)28/h4-5,8-10,14,24H,6-7H2,1-3H3,(H,23,28)/t10?,14-/m0/s1. The molecule has 2 atom stereocenters. The number of urea groups is 1. The Bertz CT molecular complexity index is 801. The summed E-state index contributed by atoms with van der Waals surface area (Å²) in [5, 5.41) is 5.03. The van der Waals surface area contributed by atoms with E-state index in [0.717, 1.165) is 23.1 Å². The molecular formula is C18H21ClF3N3O4. The average molecular weight is 436 g/mol. The van der Waals surface area contributed by atoms with Crippen LogP contribution in [0, 0.1) is 5.92 Å². The number of imide groups is 1. The highest BCUT2D eigenvalue weighted by Gasteiger charge is 2.34. The smallest absolute Gasteiger partial charge is 0.416 e. The molecule has 3 amide bonds. The normalized spacial score (nSPS) is 16.4. The van der Waals surface area contributed by atoms with Crippen molar-refractivity contribution in [2.45, 2.75) is 39.1 Å². The van der Waals surface area contributed by atoms with E-state index in [9.17, 15) is 27.6 Å². The highest BCUT2D eigenvalue weighted by Crippen LogP contribution is 2.34. The van der Waals surface area contributed by atoms with Crippen molar-refractivity contribution >= 4 is 35.2 Å². The van der Waals surface area contributed by atoms with Crippen LogP contribution in [0.4, 0.5) is 23.7 Å². The maximum Gasteiger partial charge on any atom is 0.416 e. The molecule has 1 aromatic carbocycles. The lowest BCUT2D eigenvalue weighted by atomic mass is 10.0. The maximum atomic E-state index is 12.8. The summed E-state index contributed by atoms with van der Waals surface area (Å²) in [5.41, 5.74) is -0.798. The van der Waals surface area contributed by atoms with Crippen LogP contribution in [-0.4, -0.2) is 48.0 Å². The Kier molecular flexibility index (Phi) is 6.99. The second-order valence-electron chi connectivity index (χ2n) is 6.86. The molecule has 0 aromatic heterocycles. The Labute approximate surface area is 170 Å². The van der Waals surface area contributed by atoms with Crippen molar-refractivity contribution < 1.29 is 32.3 Å². The molecule has 1 aliphatic heterocycles. The number of nitrogens with zero attached hydrogens (tertiary/aromatic N) is 1. The van der Waals surface area contributed by atoms with Crippen LogP contribution in [0.25, 0.3) is 0 Å². The van der Waals surface area contributed by atoms with E-state index in [1.807, 2.05) is 0 Å². The number of esters is 1. The fourth-order valence-corrected chi connectivity index (χ4v) is 2.91. The minimum atomic E-state index is -4.55. The topological polar surface area (TPSA) is 87.7 Å². The average Bonchev–Trinajstić information content (AvgIpc) is 3.04. The number of rotatable bonds is 6. The van der Waals surface area contributed by atoms with Crippen molar-refractivity contribution in [2.24, 2.45) is 5.92 Å². The first-order valence-electron chi connectivity index (χ1n) is 8.84. The van der Waals surface area contributed by atoms with E-state index in [1.165, 1.54) is 6.92 Å². The number of ether oxygens (including phenoxy) is 1. The maximum absolute atomic E-state index is 12.8. The SMILES string of the molecule is CC(OC(=O)[C@@H](Nc1ccc(C(F)(F)F)cc1Cl)C(C)C)C(=O)N1CCNC1=O. The fraction of sp³-hybridized carbons (Fsp3) is 0.500. The van der Waals surface area contributed by atoms with Gasteiger partial charge in [-0.05, 0) is 31.0 Å². The molecule has 0 saturated carbocycles. The predicted molar refractivity (Wildman–Crippen MR) is 99.4 cm³/mol. The summed E-state index contributed by atoms with van der Waals surface area (Å²) in [5.74, 6) is -1.79. The molecule has 160 valence electrons. The van der Waals surface area contributed by atoms with Gasteiger partial charge in [0.1, 0.15) is 6.04 Å². The summed E-state index contributed by atoms with van der Waals surface area (Å²) in [6.07, 6.45) is -5.76. The van der Waals surface area contributed by atoms with Gasteiger partial charge < -0.3 is 15.4 Å². The lowest BCUT2D eigenvalue weighted by Crippen LogP contribution is -2.44. The van der Waals surface area contributed by atoms with E-state index in [0.29, 0.717) is 6.54 Å².